The van der Waals surface area contributed by atoms with E-state index >= 15 is 0 Å². The second kappa shape index (κ2) is 7.41. The highest BCUT2D eigenvalue weighted by Crippen LogP contribution is 2.32. The quantitative estimate of drug-likeness (QED) is 0.774. The fourth-order valence-electron chi connectivity index (χ4n) is 2.95. The van der Waals surface area contributed by atoms with Gasteiger partial charge in [-0.15, -0.1) is 0 Å². The van der Waals surface area contributed by atoms with E-state index in [-0.39, 0.29) is 24.7 Å². The molecule has 2 aliphatic heterocycles. The van der Waals surface area contributed by atoms with Crippen LogP contribution in [0.15, 0.2) is 35.2 Å². The maximum absolute atomic E-state index is 12.5. The summed E-state index contributed by atoms with van der Waals surface area (Å²) in [7, 11) is 0. The number of amides is 3. The summed E-state index contributed by atoms with van der Waals surface area (Å²) < 4.78 is 5.61. The molecule has 0 aliphatic carbocycles. The fraction of sp³-hybridized carbons (Fsp3) is 0.389. The summed E-state index contributed by atoms with van der Waals surface area (Å²) in [5, 5.41) is -0.408. The fourth-order valence-corrected chi connectivity index (χ4v) is 3.79. The monoisotopic (exact) mass is 360 g/mol. The smallest absolute Gasteiger partial charge is 0.294 e. The van der Waals surface area contributed by atoms with Crippen LogP contribution in [0.3, 0.4) is 0 Å². The van der Waals surface area contributed by atoms with Gasteiger partial charge < -0.3 is 9.64 Å². The van der Waals surface area contributed by atoms with Crippen LogP contribution in [0.2, 0.25) is 0 Å². The molecule has 0 bridgehead atoms. The minimum atomic E-state index is -0.415. The van der Waals surface area contributed by atoms with Gasteiger partial charge in [-0.1, -0.05) is 30.3 Å². The number of hydrogen-bond acceptors (Lipinski definition) is 5. The number of imide groups is 1. The van der Waals surface area contributed by atoms with Gasteiger partial charge in [0.2, 0.25) is 5.91 Å². The maximum Gasteiger partial charge on any atom is 0.294 e. The predicted octanol–water partition coefficient (Wildman–Crippen LogP) is 2.36. The largest absolute Gasteiger partial charge is 0.372 e. The number of morpholine rings is 1. The van der Waals surface area contributed by atoms with E-state index in [1.54, 1.807) is 11.0 Å². The molecule has 25 heavy (non-hydrogen) atoms. The summed E-state index contributed by atoms with van der Waals surface area (Å²) in [6.07, 6.45) is 1.56. The van der Waals surface area contributed by atoms with E-state index in [1.165, 1.54) is 0 Å². The lowest BCUT2D eigenvalue weighted by molar-refractivity contribution is -0.145. The first-order valence-corrected chi connectivity index (χ1v) is 8.99. The number of rotatable bonds is 3. The number of hydrogen-bond donors (Lipinski definition) is 0. The Morgan fingerprint density at radius 1 is 1.20 bits per heavy atom. The van der Waals surface area contributed by atoms with Crippen LogP contribution in [0.4, 0.5) is 4.79 Å². The van der Waals surface area contributed by atoms with Crippen molar-refractivity contribution < 1.29 is 19.1 Å². The van der Waals surface area contributed by atoms with Crippen molar-refractivity contribution in [3.05, 3.63) is 40.8 Å². The van der Waals surface area contributed by atoms with Crippen molar-refractivity contribution in [2.75, 3.05) is 19.6 Å². The summed E-state index contributed by atoms with van der Waals surface area (Å²) in [6, 6.07) is 9.32. The number of ether oxygens (including phenoxy) is 1. The topological polar surface area (TPSA) is 66.9 Å². The third-order valence-electron chi connectivity index (χ3n) is 4.04. The van der Waals surface area contributed by atoms with Crippen molar-refractivity contribution in [2.45, 2.75) is 26.1 Å². The summed E-state index contributed by atoms with van der Waals surface area (Å²) >= 11 is 0.869. The molecule has 6 nitrogen and oxygen atoms in total. The Balaban J connectivity index is 1.69. The molecule has 2 unspecified atom stereocenters. The minimum absolute atomic E-state index is 0.0550. The van der Waals surface area contributed by atoms with E-state index in [2.05, 4.69) is 0 Å². The molecule has 0 aromatic heterocycles. The van der Waals surface area contributed by atoms with Crippen LogP contribution in [0.1, 0.15) is 19.4 Å². The molecular weight excluding hydrogens is 340 g/mol. The van der Waals surface area contributed by atoms with Gasteiger partial charge in [-0.05, 0) is 37.2 Å². The number of carbonyl (C=O) groups is 3. The zero-order valence-corrected chi connectivity index (χ0v) is 15.0. The third kappa shape index (κ3) is 4.11. The molecule has 7 heteroatoms. The van der Waals surface area contributed by atoms with E-state index in [0.717, 1.165) is 22.2 Å². The third-order valence-corrected chi connectivity index (χ3v) is 4.94. The first-order valence-electron chi connectivity index (χ1n) is 8.17. The van der Waals surface area contributed by atoms with Crippen molar-refractivity contribution >= 4 is 34.9 Å². The Labute approximate surface area is 150 Å². The van der Waals surface area contributed by atoms with Crippen molar-refractivity contribution in [1.29, 1.82) is 0 Å². The van der Waals surface area contributed by atoms with Crippen molar-refractivity contribution in [1.82, 2.24) is 9.80 Å². The molecule has 132 valence electrons. The molecule has 2 saturated heterocycles. The van der Waals surface area contributed by atoms with Gasteiger partial charge in [0.25, 0.3) is 11.1 Å². The van der Waals surface area contributed by atoms with Crippen molar-refractivity contribution in [3.8, 4) is 0 Å². The number of carbonyl (C=O) groups excluding carboxylic acids is 3. The van der Waals surface area contributed by atoms with Gasteiger partial charge in [0, 0.05) is 13.1 Å². The van der Waals surface area contributed by atoms with Crippen LogP contribution in [-0.2, 0) is 14.3 Å². The number of thioether (sulfide) groups is 1. The molecule has 2 atom stereocenters. The molecule has 2 aliphatic rings. The molecule has 0 N–H and O–H groups in total. The SMILES string of the molecule is CC1CN(C(=O)CN2C(=O)S/C(=C/c3ccccc3)C2=O)CC(C)O1. The van der Waals surface area contributed by atoms with Gasteiger partial charge >= 0.3 is 0 Å². The second-order valence-corrected chi connectivity index (χ2v) is 7.23. The van der Waals surface area contributed by atoms with Crippen LogP contribution in [-0.4, -0.2) is 58.7 Å². The average Bonchev–Trinajstić information content (AvgIpc) is 2.82. The van der Waals surface area contributed by atoms with Crippen LogP contribution in [0, 0.1) is 0 Å². The Kier molecular flexibility index (Phi) is 5.24. The Bertz CT molecular complexity index is 709. The van der Waals surface area contributed by atoms with Crippen LogP contribution >= 0.6 is 11.8 Å². The van der Waals surface area contributed by atoms with Gasteiger partial charge in [-0.25, -0.2) is 0 Å². The highest BCUT2D eigenvalue weighted by molar-refractivity contribution is 8.18. The van der Waals surface area contributed by atoms with Crippen LogP contribution in [0.25, 0.3) is 6.08 Å². The van der Waals surface area contributed by atoms with Gasteiger partial charge in [0.05, 0.1) is 17.1 Å². The van der Waals surface area contributed by atoms with Gasteiger partial charge in [-0.2, -0.15) is 0 Å². The lowest BCUT2D eigenvalue weighted by atomic mass is 10.2. The number of benzene rings is 1. The molecule has 0 spiro atoms. The van der Waals surface area contributed by atoms with Crippen LogP contribution in [0.5, 0.6) is 0 Å². The van der Waals surface area contributed by atoms with E-state index in [0.29, 0.717) is 18.0 Å². The van der Waals surface area contributed by atoms with Gasteiger partial charge in [0.15, 0.2) is 0 Å². The van der Waals surface area contributed by atoms with E-state index in [9.17, 15) is 14.4 Å². The van der Waals surface area contributed by atoms with Crippen molar-refractivity contribution in [2.24, 2.45) is 0 Å². The molecule has 2 heterocycles. The second-order valence-electron chi connectivity index (χ2n) is 6.23. The molecule has 2 fully saturated rings. The molecule has 3 amide bonds. The minimum Gasteiger partial charge on any atom is -0.372 e. The lowest BCUT2D eigenvalue weighted by Crippen LogP contribution is -2.51. The van der Waals surface area contributed by atoms with Crippen LogP contribution < -0.4 is 0 Å². The summed E-state index contributed by atoms with van der Waals surface area (Å²) in [6.45, 7) is 4.52. The molecule has 1 aromatic carbocycles. The van der Waals surface area contributed by atoms with Gasteiger partial charge in [0.1, 0.15) is 6.54 Å². The average molecular weight is 360 g/mol. The number of nitrogens with zero attached hydrogens (tertiary/aromatic N) is 2. The summed E-state index contributed by atoms with van der Waals surface area (Å²) in [4.78, 5) is 40.2. The van der Waals surface area contributed by atoms with Crippen molar-refractivity contribution in [3.63, 3.8) is 0 Å². The maximum atomic E-state index is 12.5. The first-order chi connectivity index (χ1) is 11.9. The van der Waals surface area contributed by atoms with E-state index < -0.39 is 11.1 Å². The molecule has 0 radical (unpaired) electrons. The Morgan fingerprint density at radius 3 is 2.48 bits per heavy atom. The van der Waals surface area contributed by atoms with Gasteiger partial charge in [-0.3, -0.25) is 19.3 Å². The molecular formula is C18H20N2O4S. The highest BCUT2D eigenvalue weighted by Gasteiger charge is 2.38. The van der Waals surface area contributed by atoms with E-state index in [1.807, 2.05) is 44.2 Å². The first kappa shape index (κ1) is 17.7. The normalized spacial score (nSPS) is 25.8. The molecule has 1 aromatic rings. The zero-order valence-electron chi connectivity index (χ0n) is 14.2. The predicted molar refractivity (Wildman–Crippen MR) is 95.7 cm³/mol. The Morgan fingerprint density at radius 2 is 1.84 bits per heavy atom. The lowest BCUT2D eigenvalue weighted by Gasteiger charge is -2.35. The Hall–Kier alpha value is -2.12. The molecule has 3 rings (SSSR count). The summed E-state index contributed by atoms with van der Waals surface area (Å²) in [5.41, 5.74) is 0.843. The molecule has 0 saturated carbocycles. The zero-order chi connectivity index (χ0) is 18.0. The standard InChI is InChI=1S/C18H20N2O4S/c1-12-9-19(10-13(2)24-12)16(21)11-20-17(22)15(25-18(20)23)8-14-6-4-3-5-7-14/h3-8,12-13H,9-11H2,1-2H3/b15-8+. The van der Waals surface area contributed by atoms with E-state index in [4.69, 9.17) is 4.74 Å². The summed E-state index contributed by atoms with van der Waals surface area (Å²) in [5.74, 6) is -0.646. The highest BCUT2D eigenvalue weighted by atomic mass is 32.2.